The van der Waals surface area contributed by atoms with E-state index in [1.807, 2.05) is 0 Å². The van der Waals surface area contributed by atoms with Crippen molar-refractivity contribution in [3.63, 3.8) is 0 Å². The van der Waals surface area contributed by atoms with Crippen molar-refractivity contribution in [2.24, 2.45) is 12.8 Å². The number of amides is 2. The SMILES string of the molecule is Cn1cc(Br)cc(NC(N)=O)c1=O. The lowest BCUT2D eigenvalue weighted by atomic mass is 10.4. The molecule has 5 nitrogen and oxygen atoms in total. The minimum absolute atomic E-state index is 0.157. The number of anilines is 1. The van der Waals surface area contributed by atoms with Crippen LogP contribution in [0, 0.1) is 0 Å². The van der Waals surface area contributed by atoms with E-state index in [0.29, 0.717) is 4.47 Å². The van der Waals surface area contributed by atoms with Gasteiger partial charge in [0, 0.05) is 17.7 Å². The number of hydrogen-bond donors (Lipinski definition) is 2. The summed E-state index contributed by atoms with van der Waals surface area (Å²) in [6, 6.07) is 0.739. The molecule has 3 N–H and O–H groups in total. The molecular weight excluding hydrogens is 238 g/mol. The Kier molecular flexibility index (Phi) is 2.72. The number of carbonyl (C=O) groups excluding carboxylic acids is 1. The summed E-state index contributed by atoms with van der Waals surface area (Å²) in [6.45, 7) is 0. The zero-order chi connectivity index (χ0) is 10.0. The molecule has 1 rings (SSSR count). The summed E-state index contributed by atoms with van der Waals surface area (Å²) >= 11 is 3.19. The maximum Gasteiger partial charge on any atom is 0.316 e. The van der Waals surface area contributed by atoms with Gasteiger partial charge in [-0.3, -0.25) is 4.79 Å². The normalized spacial score (nSPS) is 9.69. The van der Waals surface area contributed by atoms with Gasteiger partial charge < -0.3 is 15.6 Å². The maximum absolute atomic E-state index is 11.3. The predicted octanol–water partition coefficient (Wildman–Crippen LogP) is 0.638. The molecule has 0 fully saturated rings. The number of nitrogens with two attached hydrogens (primary N) is 1. The molecule has 0 saturated heterocycles. The summed E-state index contributed by atoms with van der Waals surface area (Å²) in [5.41, 5.74) is 4.73. The molecule has 0 aromatic carbocycles. The van der Waals surface area contributed by atoms with Gasteiger partial charge in [0.25, 0.3) is 5.56 Å². The molecular formula is C7H8BrN3O2. The molecule has 70 valence electrons. The summed E-state index contributed by atoms with van der Waals surface area (Å²) in [4.78, 5) is 21.8. The van der Waals surface area contributed by atoms with E-state index in [1.165, 1.54) is 10.6 Å². The number of urea groups is 1. The van der Waals surface area contributed by atoms with Gasteiger partial charge in [-0.2, -0.15) is 0 Å². The maximum atomic E-state index is 11.3. The van der Waals surface area contributed by atoms with Crippen molar-refractivity contribution in [3.05, 3.63) is 27.1 Å². The Morgan fingerprint density at radius 3 is 2.85 bits per heavy atom. The van der Waals surface area contributed by atoms with Crippen molar-refractivity contribution in [1.29, 1.82) is 0 Å². The average molecular weight is 246 g/mol. The van der Waals surface area contributed by atoms with Gasteiger partial charge >= 0.3 is 6.03 Å². The smallest absolute Gasteiger partial charge is 0.316 e. The summed E-state index contributed by atoms with van der Waals surface area (Å²) in [7, 11) is 1.58. The third kappa shape index (κ3) is 2.32. The molecule has 6 heteroatoms. The number of aromatic nitrogens is 1. The van der Waals surface area contributed by atoms with E-state index in [4.69, 9.17) is 5.73 Å². The van der Waals surface area contributed by atoms with Crippen molar-refractivity contribution in [2.75, 3.05) is 5.32 Å². The molecule has 0 saturated carbocycles. The average Bonchev–Trinajstić information content (AvgIpc) is 1.98. The first kappa shape index (κ1) is 9.79. The summed E-state index contributed by atoms with van der Waals surface area (Å²) in [6.07, 6.45) is 1.59. The van der Waals surface area contributed by atoms with Crippen molar-refractivity contribution >= 4 is 27.6 Å². The first-order valence-electron chi connectivity index (χ1n) is 3.43. The van der Waals surface area contributed by atoms with Crippen LogP contribution in [0.15, 0.2) is 21.5 Å². The van der Waals surface area contributed by atoms with E-state index >= 15 is 0 Å². The highest BCUT2D eigenvalue weighted by atomic mass is 79.9. The van der Waals surface area contributed by atoms with Gasteiger partial charge in [-0.05, 0) is 22.0 Å². The standard InChI is InChI=1S/C7H8BrN3O2/c1-11-3-4(8)2-5(6(11)12)10-7(9)13/h2-3H,1H3,(H3,9,10,13). The Hall–Kier alpha value is -1.30. The van der Waals surface area contributed by atoms with Gasteiger partial charge in [0.2, 0.25) is 0 Å². The van der Waals surface area contributed by atoms with Gasteiger partial charge in [-0.1, -0.05) is 0 Å². The van der Waals surface area contributed by atoms with Gasteiger partial charge in [0.15, 0.2) is 0 Å². The third-order valence-corrected chi connectivity index (χ3v) is 1.84. The van der Waals surface area contributed by atoms with E-state index in [9.17, 15) is 9.59 Å². The van der Waals surface area contributed by atoms with Crippen LogP contribution in [0.1, 0.15) is 0 Å². The summed E-state index contributed by atoms with van der Waals surface area (Å²) in [5.74, 6) is 0. The molecule has 0 aliphatic heterocycles. The van der Waals surface area contributed by atoms with Crippen LogP contribution in [0.4, 0.5) is 10.5 Å². The molecule has 0 atom stereocenters. The van der Waals surface area contributed by atoms with Gasteiger partial charge in [-0.25, -0.2) is 4.79 Å². The lowest BCUT2D eigenvalue weighted by molar-refractivity contribution is 0.259. The Morgan fingerprint density at radius 1 is 1.69 bits per heavy atom. The van der Waals surface area contributed by atoms with Crippen LogP contribution in [0.25, 0.3) is 0 Å². The zero-order valence-corrected chi connectivity index (χ0v) is 8.46. The monoisotopic (exact) mass is 245 g/mol. The van der Waals surface area contributed by atoms with Gasteiger partial charge in [0.05, 0.1) is 0 Å². The molecule has 0 spiro atoms. The topological polar surface area (TPSA) is 77.1 Å². The quantitative estimate of drug-likeness (QED) is 0.762. The molecule has 0 aliphatic rings. The van der Waals surface area contributed by atoms with Gasteiger partial charge in [0.1, 0.15) is 5.69 Å². The molecule has 0 aliphatic carbocycles. The van der Waals surface area contributed by atoms with E-state index in [1.54, 1.807) is 13.2 Å². The summed E-state index contributed by atoms with van der Waals surface area (Å²) < 4.78 is 2.04. The number of rotatable bonds is 1. The predicted molar refractivity (Wildman–Crippen MR) is 52.6 cm³/mol. The highest BCUT2D eigenvalue weighted by Crippen LogP contribution is 2.10. The Morgan fingerprint density at radius 2 is 2.31 bits per heavy atom. The van der Waals surface area contributed by atoms with Crippen molar-refractivity contribution < 1.29 is 4.79 Å². The molecule has 2 amide bonds. The fourth-order valence-electron chi connectivity index (χ4n) is 0.893. The van der Waals surface area contributed by atoms with E-state index < -0.39 is 6.03 Å². The largest absolute Gasteiger partial charge is 0.351 e. The highest BCUT2D eigenvalue weighted by molar-refractivity contribution is 9.10. The fraction of sp³-hybridized carbons (Fsp3) is 0.143. The second kappa shape index (κ2) is 3.61. The second-order valence-corrected chi connectivity index (χ2v) is 3.39. The van der Waals surface area contributed by atoms with Crippen LogP contribution in [0.3, 0.4) is 0 Å². The zero-order valence-electron chi connectivity index (χ0n) is 6.87. The number of pyridine rings is 1. The van der Waals surface area contributed by atoms with Crippen LogP contribution in [-0.4, -0.2) is 10.6 Å². The van der Waals surface area contributed by atoms with E-state index in [0.717, 1.165) is 0 Å². The number of carbonyl (C=O) groups is 1. The lowest BCUT2D eigenvalue weighted by Gasteiger charge is -2.04. The lowest BCUT2D eigenvalue weighted by Crippen LogP contribution is -2.27. The molecule has 1 heterocycles. The Bertz CT molecular complexity index is 399. The van der Waals surface area contributed by atoms with Crippen LogP contribution in [0.5, 0.6) is 0 Å². The highest BCUT2D eigenvalue weighted by Gasteiger charge is 2.04. The number of aryl methyl sites for hydroxylation is 1. The summed E-state index contributed by atoms with van der Waals surface area (Å²) in [5, 5.41) is 2.23. The van der Waals surface area contributed by atoms with Crippen molar-refractivity contribution in [2.45, 2.75) is 0 Å². The Balaban J connectivity index is 3.21. The number of nitrogens with zero attached hydrogens (tertiary/aromatic N) is 1. The molecule has 0 bridgehead atoms. The second-order valence-electron chi connectivity index (χ2n) is 2.48. The number of primary amides is 1. The van der Waals surface area contributed by atoms with Crippen LogP contribution >= 0.6 is 15.9 Å². The minimum atomic E-state index is -0.754. The molecule has 0 unspecified atom stereocenters. The number of halogens is 1. The van der Waals surface area contributed by atoms with E-state index in [-0.39, 0.29) is 11.2 Å². The van der Waals surface area contributed by atoms with Crippen molar-refractivity contribution in [3.8, 4) is 0 Å². The van der Waals surface area contributed by atoms with Gasteiger partial charge in [-0.15, -0.1) is 0 Å². The first-order valence-corrected chi connectivity index (χ1v) is 4.22. The fourth-order valence-corrected chi connectivity index (χ4v) is 1.43. The minimum Gasteiger partial charge on any atom is -0.351 e. The number of nitrogens with one attached hydrogen (secondary N) is 1. The Labute approximate surface area is 82.7 Å². The third-order valence-electron chi connectivity index (χ3n) is 1.41. The van der Waals surface area contributed by atoms with E-state index in [2.05, 4.69) is 21.2 Å². The van der Waals surface area contributed by atoms with Crippen LogP contribution in [-0.2, 0) is 7.05 Å². The van der Waals surface area contributed by atoms with Crippen LogP contribution in [0.2, 0.25) is 0 Å². The number of hydrogen-bond acceptors (Lipinski definition) is 2. The molecule has 1 aromatic rings. The molecule has 1 aromatic heterocycles. The molecule has 0 radical (unpaired) electrons. The van der Waals surface area contributed by atoms with Crippen LogP contribution < -0.4 is 16.6 Å². The van der Waals surface area contributed by atoms with Crippen molar-refractivity contribution in [1.82, 2.24) is 4.57 Å². The first-order chi connectivity index (χ1) is 6.00. The molecule has 13 heavy (non-hydrogen) atoms.